The van der Waals surface area contributed by atoms with Crippen molar-refractivity contribution in [1.29, 1.82) is 0 Å². The second-order valence-corrected chi connectivity index (χ2v) is 2.62. The van der Waals surface area contributed by atoms with Gasteiger partial charge in [0.05, 0.1) is 17.0 Å². The Morgan fingerprint density at radius 3 is 2.71 bits per heavy atom. The van der Waals surface area contributed by atoms with Gasteiger partial charge in [0.1, 0.15) is 0 Å². The van der Waals surface area contributed by atoms with Gasteiger partial charge in [0, 0.05) is 0 Å². The zero-order valence-electron chi connectivity index (χ0n) is 4.16. The quantitative estimate of drug-likeness (QED) is 0.498. The molecule has 0 bridgehead atoms. The van der Waals surface area contributed by atoms with E-state index in [0.29, 0.717) is 6.04 Å². The van der Waals surface area contributed by atoms with Crippen molar-refractivity contribution in [2.75, 3.05) is 0 Å². The van der Waals surface area contributed by atoms with Gasteiger partial charge in [0.25, 0.3) is 0 Å². The van der Waals surface area contributed by atoms with Crippen molar-refractivity contribution in [1.82, 2.24) is 0 Å². The highest BCUT2D eigenvalue weighted by atomic mass is 32.2. The van der Waals surface area contributed by atoms with Crippen molar-refractivity contribution in [3.05, 3.63) is 0 Å². The standard InChI is InChI=1S/C4H8N2S/c1-3-4(5)7-2-6-3/h2-4H,5H2,1H3. The van der Waals surface area contributed by atoms with Gasteiger partial charge in [-0.1, -0.05) is 11.8 Å². The Morgan fingerprint density at radius 1 is 1.86 bits per heavy atom. The molecule has 1 rings (SSSR count). The Balaban J connectivity index is 2.45. The second kappa shape index (κ2) is 1.84. The summed E-state index contributed by atoms with van der Waals surface area (Å²) in [5, 5.41) is 0.208. The number of nitrogens with zero attached hydrogens (tertiary/aromatic N) is 1. The summed E-state index contributed by atoms with van der Waals surface area (Å²) in [5.41, 5.74) is 7.33. The molecule has 0 fully saturated rings. The predicted molar refractivity (Wildman–Crippen MR) is 33.5 cm³/mol. The Labute approximate surface area is 47.2 Å². The minimum atomic E-state index is 0.208. The number of aliphatic imine (C=N–C) groups is 1. The molecule has 2 nitrogen and oxygen atoms in total. The average Bonchev–Trinajstić information content (AvgIpc) is 1.91. The number of rotatable bonds is 0. The zero-order valence-corrected chi connectivity index (χ0v) is 4.98. The van der Waals surface area contributed by atoms with Gasteiger partial charge >= 0.3 is 0 Å². The van der Waals surface area contributed by atoms with Gasteiger partial charge in [0.15, 0.2) is 0 Å². The Kier molecular flexibility index (Phi) is 1.35. The molecule has 0 amide bonds. The summed E-state index contributed by atoms with van der Waals surface area (Å²) in [6.45, 7) is 2.02. The van der Waals surface area contributed by atoms with E-state index in [4.69, 9.17) is 5.73 Å². The Bertz CT molecular complexity index is 91.7. The van der Waals surface area contributed by atoms with Gasteiger partial charge in [-0.3, -0.25) is 4.99 Å². The van der Waals surface area contributed by atoms with Crippen LogP contribution in [0.2, 0.25) is 0 Å². The van der Waals surface area contributed by atoms with E-state index in [-0.39, 0.29) is 5.37 Å². The first-order valence-electron chi connectivity index (χ1n) is 2.23. The molecular formula is C4H8N2S. The summed E-state index contributed by atoms with van der Waals surface area (Å²) in [4.78, 5) is 4.03. The topological polar surface area (TPSA) is 38.4 Å². The number of hydrogen-bond acceptors (Lipinski definition) is 3. The van der Waals surface area contributed by atoms with Crippen LogP contribution in [0.5, 0.6) is 0 Å². The molecule has 0 aromatic rings. The molecule has 0 aromatic carbocycles. The van der Waals surface area contributed by atoms with Gasteiger partial charge in [-0.05, 0) is 6.92 Å². The molecule has 0 radical (unpaired) electrons. The number of nitrogens with two attached hydrogens (primary N) is 1. The zero-order chi connectivity index (χ0) is 5.28. The minimum absolute atomic E-state index is 0.208. The fourth-order valence-electron chi connectivity index (χ4n) is 0.400. The summed E-state index contributed by atoms with van der Waals surface area (Å²) in [6, 6.07) is 0.324. The molecule has 0 saturated heterocycles. The lowest BCUT2D eigenvalue weighted by Gasteiger charge is -2.02. The van der Waals surface area contributed by atoms with E-state index in [1.54, 1.807) is 11.8 Å². The lowest BCUT2D eigenvalue weighted by atomic mass is 10.4. The Hall–Kier alpha value is -0.0200. The maximum atomic E-state index is 5.52. The number of hydrogen-bond donors (Lipinski definition) is 1. The van der Waals surface area contributed by atoms with Gasteiger partial charge in [-0.2, -0.15) is 0 Å². The molecule has 2 unspecified atom stereocenters. The molecule has 1 heterocycles. The van der Waals surface area contributed by atoms with Crippen LogP contribution in [0.15, 0.2) is 4.99 Å². The average molecular weight is 116 g/mol. The third kappa shape index (κ3) is 0.951. The molecule has 0 aliphatic carbocycles. The van der Waals surface area contributed by atoms with Crippen molar-refractivity contribution in [2.45, 2.75) is 18.3 Å². The molecule has 7 heavy (non-hydrogen) atoms. The van der Waals surface area contributed by atoms with E-state index in [1.165, 1.54) is 0 Å². The van der Waals surface area contributed by atoms with Crippen LogP contribution in [0.4, 0.5) is 0 Å². The first kappa shape index (κ1) is 5.12. The van der Waals surface area contributed by atoms with Crippen molar-refractivity contribution < 1.29 is 0 Å². The highest BCUT2D eigenvalue weighted by Gasteiger charge is 2.14. The summed E-state index contributed by atoms with van der Waals surface area (Å²) < 4.78 is 0. The fraction of sp³-hybridized carbons (Fsp3) is 0.750. The summed E-state index contributed by atoms with van der Waals surface area (Å²) in [6.07, 6.45) is 0. The SMILES string of the molecule is CC1N=CSC1N. The summed E-state index contributed by atoms with van der Waals surface area (Å²) in [5.74, 6) is 0. The molecule has 40 valence electrons. The van der Waals surface area contributed by atoms with E-state index in [1.807, 2.05) is 12.5 Å². The maximum Gasteiger partial charge on any atom is 0.0787 e. The normalized spacial score (nSPS) is 39.7. The third-order valence-electron chi connectivity index (χ3n) is 0.989. The van der Waals surface area contributed by atoms with Crippen LogP contribution in [-0.4, -0.2) is 17.0 Å². The summed E-state index contributed by atoms with van der Waals surface area (Å²) >= 11 is 1.59. The van der Waals surface area contributed by atoms with Crippen molar-refractivity contribution >= 4 is 17.3 Å². The van der Waals surface area contributed by atoms with Gasteiger partial charge in [-0.15, -0.1) is 0 Å². The van der Waals surface area contributed by atoms with E-state index in [9.17, 15) is 0 Å². The Morgan fingerprint density at radius 2 is 2.57 bits per heavy atom. The van der Waals surface area contributed by atoms with Crippen molar-refractivity contribution in [3.8, 4) is 0 Å². The third-order valence-corrected chi connectivity index (χ3v) is 1.94. The van der Waals surface area contributed by atoms with Crippen LogP contribution in [0, 0.1) is 0 Å². The first-order chi connectivity index (χ1) is 3.30. The highest BCUT2D eigenvalue weighted by Crippen LogP contribution is 2.15. The van der Waals surface area contributed by atoms with Crippen molar-refractivity contribution in [3.63, 3.8) is 0 Å². The van der Waals surface area contributed by atoms with Gasteiger partial charge < -0.3 is 5.73 Å². The highest BCUT2D eigenvalue weighted by molar-refractivity contribution is 8.12. The molecule has 1 aliphatic heterocycles. The second-order valence-electron chi connectivity index (χ2n) is 1.60. The monoisotopic (exact) mass is 116 g/mol. The molecule has 0 saturated carbocycles. The summed E-state index contributed by atoms with van der Waals surface area (Å²) in [7, 11) is 0. The van der Waals surface area contributed by atoms with E-state index in [0.717, 1.165) is 0 Å². The predicted octanol–water partition coefficient (Wildman–Crippen LogP) is 0.435. The smallest absolute Gasteiger partial charge is 0.0787 e. The van der Waals surface area contributed by atoms with Gasteiger partial charge in [0.2, 0.25) is 0 Å². The first-order valence-corrected chi connectivity index (χ1v) is 3.17. The molecule has 0 spiro atoms. The van der Waals surface area contributed by atoms with Crippen LogP contribution < -0.4 is 5.73 Å². The molecule has 3 heteroatoms. The van der Waals surface area contributed by atoms with Gasteiger partial charge in [-0.25, -0.2) is 0 Å². The molecular weight excluding hydrogens is 108 g/mol. The molecule has 2 N–H and O–H groups in total. The van der Waals surface area contributed by atoms with E-state index < -0.39 is 0 Å². The lowest BCUT2D eigenvalue weighted by molar-refractivity contribution is 0.729. The fourth-order valence-corrected chi connectivity index (χ4v) is 1.10. The molecule has 2 atom stereocenters. The number of thioether (sulfide) groups is 1. The van der Waals surface area contributed by atoms with E-state index in [2.05, 4.69) is 4.99 Å². The minimum Gasteiger partial charge on any atom is -0.317 e. The van der Waals surface area contributed by atoms with Crippen LogP contribution >= 0.6 is 11.8 Å². The van der Waals surface area contributed by atoms with Crippen LogP contribution in [-0.2, 0) is 0 Å². The maximum absolute atomic E-state index is 5.52. The van der Waals surface area contributed by atoms with Crippen LogP contribution in [0.3, 0.4) is 0 Å². The van der Waals surface area contributed by atoms with E-state index >= 15 is 0 Å². The lowest BCUT2D eigenvalue weighted by Crippen LogP contribution is -2.23. The largest absolute Gasteiger partial charge is 0.317 e. The molecule has 1 aliphatic rings. The van der Waals surface area contributed by atoms with Crippen LogP contribution in [0.1, 0.15) is 6.92 Å². The van der Waals surface area contributed by atoms with Crippen molar-refractivity contribution in [2.24, 2.45) is 10.7 Å². The molecule has 0 aromatic heterocycles. The van der Waals surface area contributed by atoms with Crippen LogP contribution in [0.25, 0.3) is 0 Å².